The average molecular weight is 719 g/mol. The van der Waals surface area contributed by atoms with Gasteiger partial charge < -0.3 is 4.98 Å². The van der Waals surface area contributed by atoms with Gasteiger partial charge in [-0.15, -0.1) is 11.3 Å². The second-order valence-corrected chi connectivity index (χ2v) is 15.2. The number of aliphatic imine (C=N–C) groups is 1. The molecule has 6 aromatic carbocycles. The lowest BCUT2D eigenvalue weighted by atomic mass is 9.94. The number of aromatic amines is 1. The van der Waals surface area contributed by atoms with Crippen molar-refractivity contribution in [3.63, 3.8) is 0 Å². The van der Waals surface area contributed by atoms with Gasteiger partial charge in [-0.1, -0.05) is 130 Å². The van der Waals surface area contributed by atoms with E-state index in [0.717, 1.165) is 11.4 Å². The first kappa shape index (κ1) is 27.4. The molecule has 0 amide bonds. The standard InChI is InChI=1S/C42H27IN2S/c1-2-10-30(11-3-1)39-41-40(36-13-6-7-15-38(36)46-41)45-42(43-39)35-25-33(28-16-19-29(20-17-28)37-14-8-22-44-37)24-34(26-35)32-21-18-27-9-4-5-12-31(27)23-32/h1-26,44H. The van der Waals surface area contributed by atoms with Crippen molar-refractivity contribution in [2.24, 2.45) is 4.99 Å². The number of rotatable bonds is 5. The number of nitrogens with zero attached hydrogens (tertiary/aromatic N) is 1. The van der Waals surface area contributed by atoms with Gasteiger partial charge in [-0.25, -0.2) is 4.99 Å². The van der Waals surface area contributed by atoms with E-state index in [1.54, 1.807) is 0 Å². The van der Waals surface area contributed by atoms with Crippen molar-refractivity contribution in [1.29, 1.82) is 0 Å². The molecular weight excluding hydrogens is 691 g/mol. The van der Waals surface area contributed by atoms with E-state index in [9.17, 15) is 0 Å². The topological polar surface area (TPSA) is 28.1 Å². The van der Waals surface area contributed by atoms with Gasteiger partial charge in [0.1, 0.15) is 3.72 Å². The summed E-state index contributed by atoms with van der Waals surface area (Å²) in [6, 6.07) is 55.1. The molecule has 0 atom stereocenters. The zero-order valence-corrected chi connectivity index (χ0v) is 27.7. The second-order valence-electron chi connectivity index (χ2n) is 11.5. The summed E-state index contributed by atoms with van der Waals surface area (Å²) >= 11 is 1.33. The van der Waals surface area contributed by atoms with Crippen molar-refractivity contribution in [3.05, 3.63) is 174 Å². The highest BCUT2D eigenvalue weighted by molar-refractivity contribution is 14.2. The van der Waals surface area contributed by atoms with Crippen LogP contribution in [0.5, 0.6) is 0 Å². The molecule has 218 valence electrons. The Morgan fingerprint density at radius 3 is 2.02 bits per heavy atom. The summed E-state index contributed by atoms with van der Waals surface area (Å²) in [5.41, 5.74) is 10.8. The number of halogens is 1. The average Bonchev–Trinajstić information content (AvgIpc) is 3.80. The molecule has 0 fully saturated rings. The lowest BCUT2D eigenvalue weighted by Crippen LogP contribution is -2.05. The number of hydrogen-bond donors (Lipinski definition) is 1. The molecule has 46 heavy (non-hydrogen) atoms. The number of fused-ring (bicyclic) bond motifs is 4. The monoisotopic (exact) mass is 718 g/mol. The smallest absolute Gasteiger partial charge is 0.104 e. The summed E-state index contributed by atoms with van der Waals surface area (Å²) in [5, 5.41) is 3.74. The molecule has 0 saturated carbocycles. The van der Waals surface area contributed by atoms with Crippen LogP contribution in [-0.2, 0) is 0 Å². The van der Waals surface area contributed by atoms with E-state index in [4.69, 9.17) is 4.99 Å². The highest BCUT2D eigenvalue weighted by atomic mass is 127. The van der Waals surface area contributed by atoms with Gasteiger partial charge in [-0.3, -0.25) is 0 Å². The van der Waals surface area contributed by atoms with Crippen molar-refractivity contribution in [3.8, 4) is 33.5 Å². The number of thiophene rings is 1. The highest BCUT2D eigenvalue weighted by Gasteiger charge is 2.23. The predicted octanol–water partition coefficient (Wildman–Crippen LogP) is 12.0. The van der Waals surface area contributed by atoms with Gasteiger partial charge in [-0.05, 0) is 86.6 Å². The molecule has 0 saturated heterocycles. The van der Waals surface area contributed by atoms with Crippen molar-refractivity contribution in [1.82, 2.24) is 4.98 Å². The van der Waals surface area contributed by atoms with E-state index >= 15 is 0 Å². The Morgan fingerprint density at radius 1 is 0.500 bits per heavy atom. The first-order valence-electron chi connectivity index (χ1n) is 15.3. The van der Waals surface area contributed by atoms with Gasteiger partial charge in [0.15, 0.2) is 0 Å². The SMILES string of the molecule is c1ccc(C2=IC(c3cc(-c4ccc(-c5ccc[nH]5)cc4)cc(-c4ccc5ccccc5c4)c3)=Nc3c2sc2ccccc32)cc1. The van der Waals surface area contributed by atoms with E-state index in [1.807, 2.05) is 23.6 Å². The number of nitrogens with one attached hydrogen (secondary N) is 1. The predicted molar refractivity (Wildman–Crippen MR) is 206 cm³/mol. The van der Waals surface area contributed by atoms with Gasteiger partial charge in [0.25, 0.3) is 0 Å². The Hall–Kier alpha value is -4.91. The van der Waals surface area contributed by atoms with Crippen LogP contribution in [0.25, 0.3) is 54.4 Å². The number of aromatic nitrogens is 1. The van der Waals surface area contributed by atoms with Crippen LogP contribution in [0.15, 0.2) is 163 Å². The van der Waals surface area contributed by atoms with E-state index in [1.165, 1.54) is 71.9 Å². The van der Waals surface area contributed by atoms with Crippen LogP contribution in [0.3, 0.4) is 0 Å². The molecule has 9 rings (SSSR count). The highest BCUT2D eigenvalue weighted by Crippen LogP contribution is 2.45. The fraction of sp³-hybridized carbons (Fsp3) is 0. The fourth-order valence-electron chi connectivity index (χ4n) is 6.23. The molecule has 0 aliphatic carbocycles. The Labute approximate surface area is 281 Å². The summed E-state index contributed by atoms with van der Waals surface area (Å²) in [6.07, 6.45) is 1.97. The van der Waals surface area contributed by atoms with Crippen LogP contribution in [0.4, 0.5) is 5.69 Å². The van der Waals surface area contributed by atoms with Crippen molar-refractivity contribution < 1.29 is 0 Å². The van der Waals surface area contributed by atoms with Gasteiger partial charge in [-0.2, -0.15) is 0 Å². The molecule has 0 radical (unpaired) electrons. The molecule has 1 aliphatic rings. The van der Waals surface area contributed by atoms with Gasteiger partial charge in [0.05, 0.1) is 10.6 Å². The molecule has 0 bridgehead atoms. The van der Waals surface area contributed by atoms with Gasteiger partial charge in [0, 0.05) is 31.0 Å². The molecule has 4 heteroatoms. The van der Waals surface area contributed by atoms with Crippen LogP contribution in [0.1, 0.15) is 16.0 Å². The second kappa shape index (κ2) is 11.5. The Kier molecular flexibility index (Phi) is 6.83. The Bertz CT molecular complexity index is 2450. The molecule has 2 nitrogen and oxygen atoms in total. The zero-order valence-electron chi connectivity index (χ0n) is 24.7. The van der Waals surface area contributed by atoms with Gasteiger partial charge in [0.2, 0.25) is 0 Å². The third-order valence-electron chi connectivity index (χ3n) is 8.57. The summed E-state index contributed by atoms with van der Waals surface area (Å²) in [7, 11) is 0. The maximum atomic E-state index is 5.50. The first-order chi connectivity index (χ1) is 22.8. The molecule has 0 unspecified atom stereocenters. The summed E-state index contributed by atoms with van der Waals surface area (Å²) < 4.78 is 3.96. The van der Waals surface area contributed by atoms with Crippen LogP contribution in [0, 0.1) is 0 Å². The van der Waals surface area contributed by atoms with E-state index < -0.39 is 20.7 Å². The van der Waals surface area contributed by atoms with Crippen LogP contribution in [0.2, 0.25) is 0 Å². The summed E-state index contributed by atoms with van der Waals surface area (Å²) in [6.45, 7) is 0. The largest absolute Gasteiger partial charge is 0.361 e. The maximum absolute atomic E-state index is 5.50. The molecule has 0 spiro atoms. The number of H-pyrrole nitrogens is 1. The molecule has 1 aliphatic heterocycles. The van der Waals surface area contributed by atoms with Crippen molar-refractivity contribution in [2.75, 3.05) is 0 Å². The fourth-order valence-corrected chi connectivity index (χ4v) is 10.6. The third kappa shape index (κ3) is 4.95. The third-order valence-corrected chi connectivity index (χ3v) is 13.2. The van der Waals surface area contributed by atoms with Crippen LogP contribution in [-0.4, -0.2) is 12.2 Å². The normalized spacial score (nSPS) is 12.8. The Morgan fingerprint density at radius 2 is 1.20 bits per heavy atom. The summed E-state index contributed by atoms with van der Waals surface area (Å²) in [5.74, 6) is 0. The van der Waals surface area contributed by atoms with Crippen LogP contribution >= 0.6 is 32.1 Å². The molecule has 8 aromatic rings. The minimum atomic E-state index is -0.553. The van der Waals surface area contributed by atoms with E-state index in [-0.39, 0.29) is 0 Å². The minimum Gasteiger partial charge on any atom is -0.361 e. The maximum Gasteiger partial charge on any atom is 0.104 e. The number of benzene rings is 6. The van der Waals surface area contributed by atoms with Crippen molar-refractivity contribution >= 4 is 65.8 Å². The quantitative estimate of drug-likeness (QED) is 0.172. The molecular formula is C42H27IN2S. The van der Waals surface area contributed by atoms with Crippen LogP contribution < -0.4 is 0 Å². The zero-order chi connectivity index (χ0) is 30.5. The summed E-state index contributed by atoms with van der Waals surface area (Å²) in [4.78, 5) is 10.2. The van der Waals surface area contributed by atoms with Crippen molar-refractivity contribution in [2.45, 2.75) is 0 Å². The van der Waals surface area contributed by atoms with E-state index in [2.05, 4.69) is 151 Å². The first-order valence-corrected chi connectivity index (χ1v) is 18.3. The Balaban J connectivity index is 1.25. The van der Waals surface area contributed by atoms with Gasteiger partial charge >= 0.3 is 0 Å². The minimum absolute atomic E-state index is 0.553. The lowest BCUT2D eigenvalue weighted by Gasteiger charge is -2.16. The molecule has 2 aromatic heterocycles. The number of hydrogen-bond acceptors (Lipinski definition) is 2. The molecule has 3 heterocycles. The van der Waals surface area contributed by atoms with E-state index in [0.29, 0.717) is 0 Å². The molecule has 1 N–H and O–H groups in total. The lowest BCUT2D eigenvalue weighted by molar-refractivity contribution is 1.40.